The Labute approximate surface area is 208 Å². The lowest BCUT2D eigenvalue weighted by Gasteiger charge is -2.28. The molecular formula is C27H28N6O3. The summed E-state index contributed by atoms with van der Waals surface area (Å²) in [4.78, 5) is 22.1. The fourth-order valence-electron chi connectivity index (χ4n) is 4.84. The van der Waals surface area contributed by atoms with Crippen molar-refractivity contribution in [2.75, 3.05) is 24.3 Å². The Morgan fingerprint density at radius 1 is 1.19 bits per heavy atom. The number of rotatable bonds is 6. The van der Waals surface area contributed by atoms with Crippen molar-refractivity contribution in [1.82, 2.24) is 14.5 Å². The van der Waals surface area contributed by atoms with Crippen molar-refractivity contribution in [3.05, 3.63) is 87.6 Å². The first-order valence-electron chi connectivity index (χ1n) is 11.9. The largest absolute Gasteiger partial charge is 0.508 e. The fraction of sp³-hybridized carbons (Fsp3) is 0.259. The van der Waals surface area contributed by atoms with E-state index >= 15 is 0 Å². The molecule has 1 aliphatic heterocycles. The van der Waals surface area contributed by atoms with E-state index in [0.29, 0.717) is 36.7 Å². The molecule has 9 nitrogen and oxygen atoms in total. The van der Waals surface area contributed by atoms with Crippen LogP contribution in [0.15, 0.2) is 59.7 Å². The van der Waals surface area contributed by atoms with Crippen LogP contribution in [0.2, 0.25) is 0 Å². The molecule has 5 rings (SSSR count). The van der Waals surface area contributed by atoms with Crippen LogP contribution in [0.25, 0.3) is 10.8 Å². The van der Waals surface area contributed by atoms with Gasteiger partial charge in [-0.05, 0) is 48.9 Å². The van der Waals surface area contributed by atoms with Gasteiger partial charge in [0.15, 0.2) is 0 Å². The summed E-state index contributed by atoms with van der Waals surface area (Å²) in [7, 11) is 0. The van der Waals surface area contributed by atoms with Crippen LogP contribution in [-0.2, 0) is 11.3 Å². The number of nitrogens with two attached hydrogens (primary N) is 1. The van der Waals surface area contributed by atoms with Crippen molar-refractivity contribution < 1.29 is 9.84 Å². The molecule has 2 aromatic carbocycles. The van der Waals surface area contributed by atoms with Gasteiger partial charge in [-0.2, -0.15) is 0 Å². The number of nitrogen functional groups attached to an aromatic ring is 1. The van der Waals surface area contributed by atoms with E-state index in [0.717, 1.165) is 34.9 Å². The molecule has 0 radical (unpaired) electrons. The summed E-state index contributed by atoms with van der Waals surface area (Å²) in [5.74, 6) is 0.581. The van der Waals surface area contributed by atoms with Crippen LogP contribution in [0.4, 0.5) is 11.6 Å². The number of pyridine rings is 1. The Bertz CT molecular complexity index is 1510. The zero-order valence-corrected chi connectivity index (χ0v) is 20.0. The number of aromatic nitrogens is 3. The Kier molecular flexibility index (Phi) is 6.39. The van der Waals surface area contributed by atoms with Crippen LogP contribution in [0.3, 0.4) is 0 Å². The number of fused-ring (bicyclic) bond motifs is 1. The number of hydrogen-bond donors (Lipinski definition) is 4. The van der Waals surface area contributed by atoms with E-state index in [1.807, 2.05) is 35.8 Å². The molecular weight excluding hydrogens is 456 g/mol. The Morgan fingerprint density at radius 2 is 1.97 bits per heavy atom. The van der Waals surface area contributed by atoms with Crippen LogP contribution in [0.1, 0.15) is 41.3 Å². The lowest BCUT2D eigenvalue weighted by molar-refractivity contribution is 0.0681. The standard InChI is InChI=1S/C27H28N6O3/c1-16-4-2-5-17-12-20(33(27(35)22(16)17)19-8-10-36-11-9-19)14-30-26-23(25(29)31-15-32-26)24(28)18-6-3-7-21(34)13-18/h2-7,12-13,15,19,28,34H,8-11,14H2,1H3,(H3,29,30,31,32). The third-order valence-corrected chi connectivity index (χ3v) is 6.62. The molecule has 5 N–H and O–H groups in total. The number of phenolic OH excluding ortho intramolecular Hbond substituents is 1. The highest BCUT2D eigenvalue weighted by molar-refractivity contribution is 6.16. The van der Waals surface area contributed by atoms with E-state index in [1.54, 1.807) is 12.1 Å². The van der Waals surface area contributed by atoms with Crippen LogP contribution >= 0.6 is 0 Å². The maximum Gasteiger partial charge on any atom is 0.259 e. The average molecular weight is 485 g/mol. The van der Waals surface area contributed by atoms with Crippen molar-refractivity contribution in [2.24, 2.45) is 0 Å². The number of benzene rings is 2. The predicted octanol–water partition coefficient (Wildman–Crippen LogP) is 3.77. The smallest absolute Gasteiger partial charge is 0.259 e. The third-order valence-electron chi connectivity index (χ3n) is 6.62. The number of hydrogen-bond acceptors (Lipinski definition) is 8. The van der Waals surface area contributed by atoms with Gasteiger partial charge in [-0.25, -0.2) is 9.97 Å². The minimum Gasteiger partial charge on any atom is -0.508 e. The summed E-state index contributed by atoms with van der Waals surface area (Å²) >= 11 is 0. The Morgan fingerprint density at radius 3 is 2.75 bits per heavy atom. The van der Waals surface area contributed by atoms with Gasteiger partial charge in [0, 0.05) is 30.5 Å². The van der Waals surface area contributed by atoms with Crippen molar-refractivity contribution in [1.29, 1.82) is 5.41 Å². The van der Waals surface area contributed by atoms with Crippen LogP contribution in [-0.4, -0.2) is 38.6 Å². The first kappa shape index (κ1) is 23.5. The van der Waals surface area contributed by atoms with Crippen molar-refractivity contribution >= 4 is 28.1 Å². The highest BCUT2D eigenvalue weighted by atomic mass is 16.5. The van der Waals surface area contributed by atoms with E-state index in [4.69, 9.17) is 15.9 Å². The molecule has 3 heterocycles. The minimum atomic E-state index is -0.00997. The van der Waals surface area contributed by atoms with Crippen molar-refractivity contribution in [3.63, 3.8) is 0 Å². The predicted molar refractivity (Wildman–Crippen MR) is 140 cm³/mol. The van der Waals surface area contributed by atoms with Gasteiger partial charge in [-0.1, -0.05) is 30.3 Å². The lowest BCUT2D eigenvalue weighted by Crippen LogP contribution is -2.32. The van der Waals surface area contributed by atoms with E-state index in [1.165, 1.54) is 18.5 Å². The summed E-state index contributed by atoms with van der Waals surface area (Å²) in [6.45, 7) is 3.49. The lowest BCUT2D eigenvalue weighted by atomic mass is 10.0. The summed E-state index contributed by atoms with van der Waals surface area (Å²) in [6.07, 6.45) is 2.86. The summed E-state index contributed by atoms with van der Waals surface area (Å²) in [5, 5.41) is 23.5. The van der Waals surface area contributed by atoms with E-state index in [9.17, 15) is 9.90 Å². The second kappa shape index (κ2) is 9.79. The molecule has 0 amide bonds. The second-order valence-electron chi connectivity index (χ2n) is 8.95. The summed E-state index contributed by atoms with van der Waals surface area (Å²) < 4.78 is 7.43. The zero-order chi connectivity index (χ0) is 25.2. The summed E-state index contributed by atoms with van der Waals surface area (Å²) in [5.41, 5.74) is 8.82. The van der Waals surface area contributed by atoms with Gasteiger partial charge in [-0.15, -0.1) is 0 Å². The fourth-order valence-corrected chi connectivity index (χ4v) is 4.84. The summed E-state index contributed by atoms with van der Waals surface area (Å²) in [6, 6.07) is 14.3. The van der Waals surface area contributed by atoms with Gasteiger partial charge in [0.25, 0.3) is 5.56 Å². The monoisotopic (exact) mass is 484 g/mol. The van der Waals surface area contributed by atoms with Gasteiger partial charge in [-0.3, -0.25) is 10.2 Å². The number of aromatic hydroxyl groups is 1. The first-order valence-corrected chi connectivity index (χ1v) is 11.9. The SMILES string of the molecule is Cc1cccc2cc(CNc3ncnc(N)c3C(=N)c3cccc(O)c3)n(C3CCOCC3)c(=O)c12. The van der Waals surface area contributed by atoms with E-state index < -0.39 is 0 Å². The van der Waals surface area contributed by atoms with Crippen LogP contribution in [0, 0.1) is 12.3 Å². The van der Waals surface area contributed by atoms with E-state index in [-0.39, 0.29) is 28.9 Å². The van der Waals surface area contributed by atoms with Crippen LogP contribution in [0.5, 0.6) is 5.75 Å². The third kappa shape index (κ3) is 4.40. The van der Waals surface area contributed by atoms with Gasteiger partial charge in [0.05, 0.1) is 23.2 Å². The number of nitrogens with one attached hydrogen (secondary N) is 2. The molecule has 0 saturated carbocycles. The molecule has 9 heteroatoms. The molecule has 36 heavy (non-hydrogen) atoms. The first-order chi connectivity index (χ1) is 17.4. The number of ether oxygens (including phenoxy) is 1. The van der Waals surface area contributed by atoms with E-state index in [2.05, 4.69) is 15.3 Å². The maximum atomic E-state index is 13.7. The van der Waals surface area contributed by atoms with Gasteiger partial charge in [0.1, 0.15) is 23.7 Å². The quantitative estimate of drug-likeness (QED) is 0.306. The molecule has 0 spiro atoms. The number of nitrogens with zero attached hydrogens (tertiary/aromatic N) is 3. The highest BCUT2D eigenvalue weighted by Crippen LogP contribution is 2.27. The molecule has 1 fully saturated rings. The molecule has 2 aromatic heterocycles. The molecule has 1 saturated heterocycles. The molecule has 1 aliphatic rings. The normalized spacial score (nSPS) is 14.1. The second-order valence-corrected chi connectivity index (χ2v) is 8.95. The van der Waals surface area contributed by atoms with Crippen LogP contribution < -0.4 is 16.6 Å². The van der Waals surface area contributed by atoms with Crippen molar-refractivity contribution in [2.45, 2.75) is 32.4 Å². The molecule has 0 aliphatic carbocycles. The molecule has 0 bridgehead atoms. The maximum absolute atomic E-state index is 13.7. The Balaban J connectivity index is 1.55. The average Bonchev–Trinajstić information content (AvgIpc) is 2.87. The minimum absolute atomic E-state index is 0.00997. The molecule has 184 valence electrons. The van der Waals surface area contributed by atoms with Gasteiger partial charge < -0.3 is 25.5 Å². The van der Waals surface area contributed by atoms with Gasteiger partial charge in [0.2, 0.25) is 0 Å². The molecule has 4 aromatic rings. The zero-order valence-electron chi connectivity index (χ0n) is 20.0. The van der Waals surface area contributed by atoms with Crippen molar-refractivity contribution in [3.8, 4) is 5.75 Å². The highest BCUT2D eigenvalue weighted by Gasteiger charge is 2.22. The number of phenols is 1. The topological polar surface area (TPSA) is 139 Å². The number of anilines is 2. The molecule has 0 atom stereocenters. The number of aryl methyl sites for hydroxylation is 1. The Hall–Kier alpha value is -4.24. The molecule has 0 unspecified atom stereocenters. The van der Waals surface area contributed by atoms with Gasteiger partial charge >= 0.3 is 0 Å².